The van der Waals surface area contributed by atoms with Gasteiger partial charge >= 0.3 is 0 Å². The maximum absolute atomic E-state index is 10.8. The van der Waals surface area contributed by atoms with Crippen molar-refractivity contribution in [3.05, 3.63) is 45.0 Å². The smallest absolute Gasteiger partial charge is 0.258 e. The monoisotopic (exact) mass is 260 g/mol. The molecule has 0 saturated heterocycles. The molecule has 0 amide bonds. The number of hydrogen-bond donors (Lipinski definition) is 0. The van der Waals surface area contributed by atoms with Crippen LogP contribution in [0.5, 0.6) is 0 Å². The van der Waals surface area contributed by atoms with Gasteiger partial charge in [0, 0.05) is 22.6 Å². The molecule has 2 aromatic rings. The highest BCUT2D eigenvalue weighted by atomic mass is 32.1. The third-order valence-electron chi connectivity index (χ3n) is 3.15. The lowest BCUT2D eigenvalue weighted by Crippen LogP contribution is -1.98. The topological polar surface area (TPSA) is 56.0 Å². The number of nitro groups is 1. The number of rotatable bonds is 2. The van der Waals surface area contributed by atoms with Crippen LogP contribution in [0.25, 0.3) is 10.6 Å². The first kappa shape index (κ1) is 11.3. The minimum absolute atomic E-state index is 0.126. The van der Waals surface area contributed by atoms with Crippen molar-refractivity contribution in [3.63, 3.8) is 0 Å². The fourth-order valence-corrected chi connectivity index (χ4v) is 3.37. The molecule has 92 valence electrons. The summed E-state index contributed by atoms with van der Waals surface area (Å²) in [6.45, 7) is 0. The van der Waals surface area contributed by atoms with Gasteiger partial charge in [0.15, 0.2) is 0 Å². The van der Waals surface area contributed by atoms with E-state index in [0.717, 1.165) is 23.4 Å². The number of aryl methyl sites for hydroxylation is 2. The molecule has 4 nitrogen and oxygen atoms in total. The van der Waals surface area contributed by atoms with Crippen LogP contribution in [-0.4, -0.2) is 9.91 Å². The highest BCUT2D eigenvalue weighted by Crippen LogP contribution is 2.33. The number of fused-ring (bicyclic) bond motifs is 1. The Kier molecular flexibility index (Phi) is 2.83. The molecule has 18 heavy (non-hydrogen) atoms. The Morgan fingerprint density at radius 2 is 2.11 bits per heavy atom. The van der Waals surface area contributed by atoms with Gasteiger partial charge < -0.3 is 0 Å². The van der Waals surface area contributed by atoms with Crippen LogP contribution in [0.1, 0.15) is 23.4 Å². The summed E-state index contributed by atoms with van der Waals surface area (Å²) in [7, 11) is 0. The van der Waals surface area contributed by atoms with Crippen molar-refractivity contribution in [1.29, 1.82) is 0 Å². The summed E-state index contributed by atoms with van der Waals surface area (Å²) >= 11 is 1.68. The zero-order valence-electron chi connectivity index (χ0n) is 9.76. The lowest BCUT2D eigenvalue weighted by molar-refractivity contribution is -0.384. The van der Waals surface area contributed by atoms with Gasteiger partial charge in [-0.2, -0.15) is 0 Å². The Morgan fingerprint density at radius 1 is 1.28 bits per heavy atom. The number of thiazole rings is 1. The molecule has 1 heterocycles. The van der Waals surface area contributed by atoms with Gasteiger partial charge in [-0.15, -0.1) is 11.3 Å². The van der Waals surface area contributed by atoms with Gasteiger partial charge in [-0.25, -0.2) is 4.98 Å². The first-order valence-corrected chi connectivity index (χ1v) is 6.79. The van der Waals surface area contributed by atoms with Gasteiger partial charge in [-0.1, -0.05) is 12.1 Å². The van der Waals surface area contributed by atoms with Crippen LogP contribution in [0, 0.1) is 10.1 Å². The summed E-state index contributed by atoms with van der Waals surface area (Å²) in [5.41, 5.74) is 2.16. The van der Waals surface area contributed by atoms with Crippen molar-refractivity contribution < 1.29 is 4.92 Å². The highest BCUT2D eigenvalue weighted by molar-refractivity contribution is 7.15. The average molecular weight is 260 g/mol. The maximum Gasteiger partial charge on any atom is 0.270 e. The van der Waals surface area contributed by atoms with E-state index in [2.05, 4.69) is 4.98 Å². The van der Waals surface area contributed by atoms with Gasteiger partial charge in [0.25, 0.3) is 5.69 Å². The first-order chi connectivity index (χ1) is 8.74. The molecule has 0 atom stereocenters. The first-order valence-electron chi connectivity index (χ1n) is 5.97. The largest absolute Gasteiger partial charge is 0.270 e. The van der Waals surface area contributed by atoms with E-state index >= 15 is 0 Å². The van der Waals surface area contributed by atoms with Gasteiger partial charge in [-0.05, 0) is 25.7 Å². The molecule has 5 heteroatoms. The molecular weight excluding hydrogens is 248 g/mol. The third-order valence-corrected chi connectivity index (χ3v) is 4.36. The summed E-state index contributed by atoms with van der Waals surface area (Å²) < 4.78 is 0. The van der Waals surface area contributed by atoms with Crippen molar-refractivity contribution in [3.8, 4) is 10.6 Å². The summed E-state index contributed by atoms with van der Waals surface area (Å²) in [6, 6.07) is 6.71. The quantitative estimate of drug-likeness (QED) is 0.612. The van der Waals surface area contributed by atoms with Crippen LogP contribution >= 0.6 is 11.3 Å². The fraction of sp³-hybridized carbons (Fsp3) is 0.308. The number of aromatic nitrogens is 1. The van der Waals surface area contributed by atoms with Gasteiger partial charge in [0.2, 0.25) is 0 Å². The minimum atomic E-state index is -0.364. The van der Waals surface area contributed by atoms with E-state index in [9.17, 15) is 10.1 Å². The predicted octanol–water partition coefficient (Wildman–Crippen LogP) is 3.60. The van der Waals surface area contributed by atoms with E-state index in [1.165, 1.54) is 29.5 Å². The molecule has 1 aliphatic carbocycles. The number of nitro benzene ring substituents is 1. The Balaban J connectivity index is 2.01. The second kappa shape index (κ2) is 4.49. The molecule has 0 bridgehead atoms. The van der Waals surface area contributed by atoms with Crippen LogP contribution in [0.3, 0.4) is 0 Å². The van der Waals surface area contributed by atoms with Crippen LogP contribution in [0.4, 0.5) is 5.69 Å². The normalized spacial score (nSPS) is 14.2. The predicted molar refractivity (Wildman–Crippen MR) is 70.8 cm³/mol. The zero-order valence-corrected chi connectivity index (χ0v) is 10.6. The molecule has 1 aromatic heterocycles. The van der Waals surface area contributed by atoms with Crippen LogP contribution < -0.4 is 0 Å². The Hall–Kier alpha value is -1.75. The van der Waals surface area contributed by atoms with E-state index in [0.29, 0.717) is 0 Å². The molecule has 0 unspecified atom stereocenters. The van der Waals surface area contributed by atoms with Crippen molar-refractivity contribution in [1.82, 2.24) is 4.98 Å². The van der Waals surface area contributed by atoms with Crippen molar-refractivity contribution in [2.24, 2.45) is 0 Å². The highest BCUT2D eigenvalue weighted by Gasteiger charge is 2.17. The van der Waals surface area contributed by atoms with E-state index in [4.69, 9.17) is 0 Å². The van der Waals surface area contributed by atoms with Gasteiger partial charge in [0.05, 0.1) is 10.6 Å². The molecule has 0 N–H and O–H groups in total. The summed E-state index contributed by atoms with van der Waals surface area (Å²) in [6.07, 6.45) is 4.57. The van der Waals surface area contributed by atoms with Gasteiger partial charge in [-0.3, -0.25) is 10.1 Å². The van der Waals surface area contributed by atoms with Crippen LogP contribution in [-0.2, 0) is 12.8 Å². The molecule has 0 fully saturated rings. The second-order valence-corrected chi connectivity index (χ2v) is 5.49. The molecule has 0 radical (unpaired) electrons. The molecule has 0 spiro atoms. The van der Waals surface area contributed by atoms with Crippen molar-refractivity contribution in [2.75, 3.05) is 0 Å². The standard InChI is InChI=1S/C13H12N2O2S/c16-15(17)10-5-3-4-9(8-10)13-14-11-6-1-2-7-12(11)18-13/h3-5,8H,1-2,6-7H2. The number of hydrogen-bond acceptors (Lipinski definition) is 4. The lowest BCUT2D eigenvalue weighted by atomic mass is 10.0. The number of benzene rings is 1. The lowest BCUT2D eigenvalue weighted by Gasteiger charge is -2.06. The third kappa shape index (κ3) is 2.01. The minimum Gasteiger partial charge on any atom is -0.258 e. The molecule has 0 saturated carbocycles. The molecule has 3 rings (SSSR count). The second-order valence-electron chi connectivity index (χ2n) is 4.40. The van der Waals surface area contributed by atoms with Crippen LogP contribution in [0.2, 0.25) is 0 Å². The van der Waals surface area contributed by atoms with E-state index in [1.54, 1.807) is 23.5 Å². The number of non-ortho nitro benzene ring substituents is 1. The molecular formula is C13H12N2O2S. The van der Waals surface area contributed by atoms with E-state index in [1.807, 2.05) is 6.07 Å². The van der Waals surface area contributed by atoms with Crippen molar-refractivity contribution >= 4 is 17.0 Å². The van der Waals surface area contributed by atoms with Gasteiger partial charge in [0.1, 0.15) is 5.01 Å². The maximum atomic E-state index is 10.8. The molecule has 1 aromatic carbocycles. The Labute approximate surface area is 108 Å². The molecule has 1 aliphatic rings. The zero-order chi connectivity index (χ0) is 12.5. The van der Waals surface area contributed by atoms with E-state index < -0.39 is 0 Å². The van der Waals surface area contributed by atoms with E-state index in [-0.39, 0.29) is 10.6 Å². The van der Waals surface area contributed by atoms with Crippen molar-refractivity contribution in [2.45, 2.75) is 25.7 Å². The summed E-state index contributed by atoms with van der Waals surface area (Å²) in [4.78, 5) is 16.4. The SMILES string of the molecule is O=[N+]([O-])c1cccc(-c2nc3c(s2)CCCC3)c1. The Bertz CT molecular complexity index is 583. The Morgan fingerprint density at radius 3 is 2.89 bits per heavy atom. The summed E-state index contributed by atoms with van der Waals surface area (Å²) in [5.74, 6) is 0. The molecule has 0 aliphatic heterocycles. The fourth-order valence-electron chi connectivity index (χ4n) is 2.23. The number of nitrogens with zero attached hydrogens (tertiary/aromatic N) is 2. The van der Waals surface area contributed by atoms with Crippen LogP contribution in [0.15, 0.2) is 24.3 Å². The summed E-state index contributed by atoms with van der Waals surface area (Å²) in [5, 5.41) is 11.7. The average Bonchev–Trinajstić information content (AvgIpc) is 2.82.